The second kappa shape index (κ2) is 17.9. The molecule has 6 rings (SSSR count). The van der Waals surface area contributed by atoms with Gasteiger partial charge in [-0.1, -0.05) is 13.0 Å². The fourth-order valence-corrected chi connectivity index (χ4v) is 8.38. The molecule has 3 aliphatic rings. The van der Waals surface area contributed by atoms with Gasteiger partial charge in [-0.15, -0.1) is 12.6 Å². The van der Waals surface area contributed by atoms with Crippen molar-refractivity contribution < 1.29 is 42.2 Å². The third-order valence-corrected chi connectivity index (χ3v) is 11.3. The number of nitrogens with one attached hydrogen (secondary N) is 3. The maximum absolute atomic E-state index is 13.8. The van der Waals surface area contributed by atoms with E-state index in [1.807, 2.05) is 17.9 Å². The number of imide groups is 1. The van der Waals surface area contributed by atoms with E-state index in [9.17, 15) is 42.7 Å². The summed E-state index contributed by atoms with van der Waals surface area (Å²) in [6.45, 7) is 7.76. The molecule has 0 saturated carbocycles. The molecule has 1 unspecified atom stereocenters. The minimum absolute atomic E-state index is 0.0262. The predicted molar refractivity (Wildman–Crippen MR) is 218 cm³/mol. The maximum atomic E-state index is 13.8. The molecule has 3 fully saturated rings. The van der Waals surface area contributed by atoms with Crippen LogP contribution in [0, 0.1) is 11.3 Å². The van der Waals surface area contributed by atoms with Crippen LogP contribution in [0.25, 0.3) is 0 Å². The predicted octanol–water partition coefficient (Wildman–Crippen LogP) is 4.20. The number of anilines is 4. The van der Waals surface area contributed by atoms with E-state index >= 15 is 0 Å². The molecular formula is C41H47F3N8O6S. The first-order valence-electron chi connectivity index (χ1n) is 19.3. The average molecular weight is 837 g/mol. The number of ether oxygens (including phenoxy) is 1. The summed E-state index contributed by atoms with van der Waals surface area (Å²) >= 11 is 4.71. The Morgan fingerprint density at radius 2 is 1.81 bits per heavy atom. The number of amides is 4. The first kappa shape index (κ1) is 43.2. The maximum Gasteiger partial charge on any atom is 0.417 e. The number of piperidine rings is 1. The molecule has 3 heterocycles. The van der Waals surface area contributed by atoms with Crippen LogP contribution in [0.2, 0.25) is 0 Å². The summed E-state index contributed by atoms with van der Waals surface area (Å²) in [4.78, 5) is 57.4. The van der Waals surface area contributed by atoms with Crippen molar-refractivity contribution in [3.63, 3.8) is 0 Å². The molecule has 4 N–H and O–H groups in total. The number of halogens is 3. The Morgan fingerprint density at radius 3 is 2.51 bits per heavy atom. The topological polar surface area (TPSA) is 171 Å². The lowest BCUT2D eigenvalue weighted by atomic mass is 10.0. The molecule has 0 spiro atoms. The summed E-state index contributed by atoms with van der Waals surface area (Å²) in [6.07, 6.45) is -3.58. The normalized spacial score (nSPS) is 21.3. The molecule has 59 heavy (non-hydrogen) atoms. The fraction of sp³-hybridized carbons (Fsp3) is 0.439. The first-order valence-corrected chi connectivity index (χ1v) is 19.8. The second-order valence-electron chi connectivity index (χ2n) is 15.2. The summed E-state index contributed by atoms with van der Waals surface area (Å²) in [6, 6.07) is 16.4. The van der Waals surface area contributed by atoms with E-state index in [1.165, 1.54) is 11.0 Å². The van der Waals surface area contributed by atoms with Crippen LogP contribution in [0.15, 0.2) is 60.7 Å². The van der Waals surface area contributed by atoms with E-state index in [1.54, 1.807) is 61.2 Å². The van der Waals surface area contributed by atoms with Crippen LogP contribution >= 0.6 is 12.6 Å². The summed E-state index contributed by atoms with van der Waals surface area (Å²) in [5.74, 6) is -0.743. The van der Waals surface area contributed by atoms with Crippen molar-refractivity contribution in [3.05, 3.63) is 77.4 Å². The number of hydrogen-bond acceptors (Lipinski definition) is 12. The highest BCUT2D eigenvalue weighted by atomic mass is 32.1. The summed E-state index contributed by atoms with van der Waals surface area (Å²) in [5.41, 5.74) is -1.19. The van der Waals surface area contributed by atoms with Crippen LogP contribution < -0.4 is 30.5 Å². The number of rotatable bonds is 13. The van der Waals surface area contributed by atoms with Crippen molar-refractivity contribution in [3.8, 4) is 11.8 Å². The average Bonchev–Trinajstić information content (AvgIpc) is 3.37. The van der Waals surface area contributed by atoms with Crippen LogP contribution in [0.5, 0.6) is 5.75 Å². The lowest BCUT2D eigenvalue weighted by Crippen LogP contribution is -2.56. The number of aliphatic hydroxyl groups is 1. The van der Waals surface area contributed by atoms with Gasteiger partial charge in [0.1, 0.15) is 23.9 Å². The molecule has 314 valence electrons. The Balaban J connectivity index is 1.03. The standard InChI is InChI=1S/C41H47F3N8O6S/c1-4-25-18-30(52-39(59)51(38(57)40(52,2)3)29-9-8-26(21-45)32(20-29)41(42,43)44)10-12-34(25)58-17-16-50-15-14-49(22-31(50)24-53)23-36(55)47-28-7-5-6-27(19-28)46-33-11-13-35(54)48-37(33)56/h5-10,12,18-20,31,33,39,46,53,59H,4,11,13-17,22-24H2,1-3H3,(H,47,55)(H,48,54,56)/t31-,33?,39+/m0/s1. The second-order valence-corrected chi connectivity index (χ2v) is 15.6. The molecule has 0 aromatic heterocycles. The van der Waals surface area contributed by atoms with E-state index < -0.39 is 40.3 Å². The Bertz CT molecular complexity index is 2130. The van der Waals surface area contributed by atoms with Gasteiger partial charge in [-0.2, -0.15) is 18.4 Å². The molecule has 3 aromatic carbocycles. The minimum Gasteiger partial charge on any atom is -0.492 e. The number of carbonyl (C=O) groups excluding carboxylic acids is 4. The van der Waals surface area contributed by atoms with E-state index in [4.69, 9.17) is 17.4 Å². The number of nitriles is 1. The molecule has 4 amide bonds. The van der Waals surface area contributed by atoms with E-state index in [0.717, 1.165) is 17.7 Å². The summed E-state index contributed by atoms with van der Waals surface area (Å²) < 4.78 is 47.6. The van der Waals surface area contributed by atoms with Gasteiger partial charge in [0.2, 0.25) is 17.7 Å². The van der Waals surface area contributed by atoms with Crippen molar-refractivity contribution in [2.75, 3.05) is 66.4 Å². The summed E-state index contributed by atoms with van der Waals surface area (Å²) in [7, 11) is 0. The van der Waals surface area contributed by atoms with E-state index in [-0.39, 0.29) is 49.0 Å². The Kier molecular flexibility index (Phi) is 13.1. The highest BCUT2D eigenvalue weighted by Gasteiger charge is 2.52. The van der Waals surface area contributed by atoms with Gasteiger partial charge in [0.05, 0.1) is 30.3 Å². The smallest absolute Gasteiger partial charge is 0.417 e. The van der Waals surface area contributed by atoms with Crippen molar-refractivity contribution in [2.45, 2.75) is 69.3 Å². The largest absolute Gasteiger partial charge is 0.492 e. The zero-order valence-electron chi connectivity index (χ0n) is 32.9. The highest BCUT2D eigenvalue weighted by molar-refractivity contribution is 7.81. The van der Waals surface area contributed by atoms with Crippen LogP contribution in [0.4, 0.5) is 35.9 Å². The molecule has 18 heteroatoms. The Morgan fingerprint density at radius 1 is 1.07 bits per heavy atom. The quantitative estimate of drug-likeness (QED) is 0.124. The molecule has 0 aliphatic carbocycles. The molecule has 0 radical (unpaired) electrons. The zero-order chi connectivity index (χ0) is 42.6. The molecule has 3 aromatic rings. The molecule has 0 bridgehead atoms. The molecule has 3 saturated heterocycles. The minimum atomic E-state index is -4.79. The molecular weight excluding hydrogens is 790 g/mol. The van der Waals surface area contributed by atoms with Crippen molar-refractivity contribution >= 4 is 59.0 Å². The van der Waals surface area contributed by atoms with Crippen LogP contribution in [-0.4, -0.2) is 108 Å². The van der Waals surface area contributed by atoms with Crippen molar-refractivity contribution in [2.24, 2.45) is 0 Å². The number of aliphatic hydroxyl groups excluding tert-OH is 1. The van der Waals surface area contributed by atoms with Crippen molar-refractivity contribution in [1.29, 1.82) is 5.26 Å². The third kappa shape index (κ3) is 9.59. The number of benzene rings is 3. The Hall–Kier alpha value is -5.35. The molecule has 14 nitrogen and oxygen atoms in total. The Labute approximate surface area is 345 Å². The van der Waals surface area contributed by atoms with Gasteiger partial charge in [0.15, 0.2) is 5.50 Å². The monoisotopic (exact) mass is 836 g/mol. The van der Waals surface area contributed by atoms with E-state index in [2.05, 4.69) is 20.9 Å². The fourth-order valence-electron chi connectivity index (χ4n) is 7.72. The van der Waals surface area contributed by atoms with Crippen LogP contribution in [0.3, 0.4) is 0 Å². The van der Waals surface area contributed by atoms with Gasteiger partial charge in [-0.25, -0.2) is 0 Å². The van der Waals surface area contributed by atoms with Gasteiger partial charge in [-0.3, -0.25) is 39.2 Å². The number of carbonyl (C=O) groups is 4. The number of thiol groups is 1. The number of alkyl halides is 3. The number of hydrogen-bond donors (Lipinski definition) is 5. The number of nitrogens with zero attached hydrogens (tertiary/aromatic N) is 5. The lowest BCUT2D eigenvalue weighted by Gasteiger charge is -2.40. The molecule has 3 aliphatic heterocycles. The molecule has 3 atom stereocenters. The third-order valence-electron chi connectivity index (χ3n) is 10.8. The zero-order valence-corrected chi connectivity index (χ0v) is 33.8. The summed E-state index contributed by atoms with van der Waals surface area (Å²) in [5, 5.41) is 27.8. The van der Waals surface area contributed by atoms with Crippen LogP contribution in [0.1, 0.15) is 50.3 Å². The highest BCUT2D eigenvalue weighted by Crippen LogP contribution is 2.43. The number of piperazine rings is 1. The SMILES string of the molecule is CCc1cc(N2[C@H](S)N(c3ccc(C#N)c(C(F)(F)F)c3)C(=O)C2(C)C)ccc1OCCN1CCN(CC(=O)Nc2cccc(NC3CCC(=O)NC3=O)c2)C[C@H]1CO. The van der Waals surface area contributed by atoms with E-state index in [0.29, 0.717) is 68.4 Å². The van der Waals surface area contributed by atoms with Crippen molar-refractivity contribution in [1.82, 2.24) is 15.1 Å². The first-order chi connectivity index (χ1) is 28.0. The van der Waals surface area contributed by atoms with Gasteiger partial charge < -0.3 is 25.4 Å². The van der Waals surface area contributed by atoms with Gasteiger partial charge in [0, 0.05) is 61.4 Å². The lowest BCUT2D eigenvalue weighted by molar-refractivity contribution is -0.138. The van der Waals surface area contributed by atoms with Gasteiger partial charge in [0.25, 0.3) is 5.91 Å². The van der Waals surface area contributed by atoms with Crippen LogP contribution in [-0.2, 0) is 31.8 Å². The number of aryl methyl sites for hydroxylation is 1. The van der Waals surface area contributed by atoms with Gasteiger partial charge >= 0.3 is 6.18 Å². The van der Waals surface area contributed by atoms with Gasteiger partial charge in [-0.05, 0) is 86.8 Å².